The van der Waals surface area contributed by atoms with Gasteiger partial charge in [0.15, 0.2) is 5.58 Å². The van der Waals surface area contributed by atoms with Crippen LogP contribution >= 0.6 is 11.6 Å². The average Bonchev–Trinajstić information content (AvgIpc) is 2.59. The van der Waals surface area contributed by atoms with Gasteiger partial charge in [-0.1, -0.05) is 30.6 Å². The molecule has 0 spiro atoms. The van der Waals surface area contributed by atoms with Crippen molar-refractivity contribution in [1.29, 1.82) is 0 Å². The van der Waals surface area contributed by atoms with Crippen LogP contribution in [0.3, 0.4) is 0 Å². The van der Waals surface area contributed by atoms with E-state index >= 15 is 0 Å². The fraction of sp³-hybridized carbons (Fsp3) is 0.417. The van der Waals surface area contributed by atoms with Crippen LogP contribution in [0.15, 0.2) is 16.7 Å². The summed E-state index contributed by atoms with van der Waals surface area (Å²) in [4.78, 5) is 0. The number of aromatic nitrogens is 1. The van der Waals surface area contributed by atoms with Crippen LogP contribution in [0.2, 0.25) is 5.02 Å². The van der Waals surface area contributed by atoms with Gasteiger partial charge in [-0.15, -0.1) is 0 Å². The Labute approximate surface area is 99.3 Å². The van der Waals surface area contributed by atoms with E-state index in [9.17, 15) is 0 Å². The molecule has 0 amide bonds. The molecule has 86 valence electrons. The molecule has 0 aliphatic carbocycles. The molecule has 0 saturated heterocycles. The van der Waals surface area contributed by atoms with Crippen LogP contribution in [0.5, 0.6) is 5.75 Å². The van der Waals surface area contributed by atoms with E-state index in [2.05, 4.69) is 19.0 Å². The number of fused-ring (bicyclic) bond motifs is 1. The highest BCUT2D eigenvalue weighted by Gasteiger charge is 2.13. The summed E-state index contributed by atoms with van der Waals surface area (Å²) in [6, 6.07) is 3.62. The Balaban J connectivity index is 2.51. The molecule has 0 N–H and O–H groups in total. The minimum atomic E-state index is 0.536. The molecule has 0 aliphatic heterocycles. The van der Waals surface area contributed by atoms with Crippen LogP contribution in [0.1, 0.15) is 19.5 Å². The Bertz CT molecular complexity index is 505. The summed E-state index contributed by atoms with van der Waals surface area (Å²) in [7, 11) is 1.58. The van der Waals surface area contributed by atoms with Gasteiger partial charge in [0.25, 0.3) is 0 Å². The summed E-state index contributed by atoms with van der Waals surface area (Å²) in [5.74, 6) is 1.15. The first-order valence-corrected chi connectivity index (χ1v) is 5.61. The van der Waals surface area contributed by atoms with Crippen molar-refractivity contribution in [3.63, 3.8) is 0 Å². The maximum absolute atomic E-state index is 6.07. The predicted octanol–water partition coefficient (Wildman–Crippen LogP) is 3.69. The Morgan fingerprint density at radius 3 is 2.81 bits per heavy atom. The molecule has 1 heterocycles. The van der Waals surface area contributed by atoms with Gasteiger partial charge >= 0.3 is 0 Å². The molecule has 0 aliphatic rings. The predicted molar refractivity (Wildman–Crippen MR) is 64.1 cm³/mol. The molecule has 1 aromatic heterocycles. The molecule has 2 rings (SSSR count). The standard InChI is InChI=1S/C12H14ClNO2/c1-7(2)4-10-8-5-9(13)12(15-3)6-11(8)16-14-10/h5-7H,4H2,1-3H3. The highest BCUT2D eigenvalue weighted by Crippen LogP contribution is 2.32. The Kier molecular flexibility index (Phi) is 3.06. The summed E-state index contributed by atoms with van der Waals surface area (Å²) in [6.07, 6.45) is 0.885. The van der Waals surface area contributed by atoms with Gasteiger partial charge in [0.2, 0.25) is 0 Å². The number of methoxy groups -OCH3 is 1. The lowest BCUT2D eigenvalue weighted by molar-refractivity contribution is 0.410. The quantitative estimate of drug-likeness (QED) is 0.820. The summed E-state index contributed by atoms with van der Waals surface area (Å²) in [5, 5.41) is 5.62. The van der Waals surface area contributed by atoms with Gasteiger partial charge in [0, 0.05) is 11.5 Å². The van der Waals surface area contributed by atoms with E-state index in [-0.39, 0.29) is 0 Å². The second-order valence-electron chi connectivity index (χ2n) is 4.21. The van der Waals surface area contributed by atoms with Gasteiger partial charge in [0.1, 0.15) is 5.75 Å². The maximum atomic E-state index is 6.07. The zero-order chi connectivity index (χ0) is 11.7. The summed E-state index contributed by atoms with van der Waals surface area (Å²) in [6.45, 7) is 4.29. The van der Waals surface area contributed by atoms with Crippen LogP contribution in [0, 0.1) is 5.92 Å². The van der Waals surface area contributed by atoms with Crippen molar-refractivity contribution in [1.82, 2.24) is 5.16 Å². The van der Waals surface area contributed by atoms with Crippen LogP contribution in [0.25, 0.3) is 11.0 Å². The molecule has 2 aromatic rings. The van der Waals surface area contributed by atoms with Crippen molar-refractivity contribution >= 4 is 22.6 Å². The van der Waals surface area contributed by atoms with Crippen molar-refractivity contribution in [2.75, 3.05) is 7.11 Å². The van der Waals surface area contributed by atoms with Crippen LogP contribution < -0.4 is 4.74 Å². The summed E-state index contributed by atoms with van der Waals surface area (Å²) in [5.41, 5.74) is 1.67. The number of nitrogens with zero attached hydrogens (tertiary/aromatic N) is 1. The second-order valence-corrected chi connectivity index (χ2v) is 4.62. The molecule has 0 unspecified atom stereocenters. The number of benzene rings is 1. The van der Waals surface area contributed by atoms with Gasteiger partial charge in [-0.2, -0.15) is 0 Å². The molecule has 16 heavy (non-hydrogen) atoms. The first kappa shape index (κ1) is 11.3. The second kappa shape index (κ2) is 4.34. The van der Waals surface area contributed by atoms with Crippen LogP contribution in [0.4, 0.5) is 0 Å². The van der Waals surface area contributed by atoms with Crippen molar-refractivity contribution in [2.45, 2.75) is 20.3 Å². The molecule has 0 saturated carbocycles. The Hall–Kier alpha value is -1.22. The third-order valence-corrected chi connectivity index (χ3v) is 2.72. The van der Waals surface area contributed by atoms with Gasteiger partial charge < -0.3 is 9.26 Å². The van der Waals surface area contributed by atoms with Crippen molar-refractivity contribution in [3.8, 4) is 5.75 Å². The lowest BCUT2D eigenvalue weighted by Gasteiger charge is -2.03. The van der Waals surface area contributed by atoms with Crippen molar-refractivity contribution in [2.24, 2.45) is 5.92 Å². The summed E-state index contributed by atoms with van der Waals surface area (Å²) < 4.78 is 10.4. The fourth-order valence-corrected chi connectivity index (χ4v) is 1.92. The smallest absolute Gasteiger partial charge is 0.170 e. The van der Waals surface area contributed by atoms with Gasteiger partial charge in [-0.3, -0.25) is 0 Å². The first-order valence-electron chi connectivity index (χ1n) is 5.23. The average molecular weight is 240 g/mol. The molecule has 0 fully saturated rings. The number of hydrogen-bond donors (Lipinski definition) is 0. The number of rotatable bonds is 3. The van der Waals surface area contributed by atoms with E-state index in [1.807, 2.05) is 6.07 Å². The largest absolute Gasteiger partial charge is 0.495 e. The topological polar surface area (TPSA) is 35.3 Å². The molecule has 4 heteroatoms. The van der Waals surface area contributed by atoms with E-state index in [0.717, 1.165) is 23.1 Å². The minimum absolute atomic E-state index is 0.536. The normalized spacial score (nSPS) is 11.3. The van der Waals surface area contributed by atoms with Gasteiger partial charge in [-0.25, -0.2) is 0 Å². The molecule has 0 radical (unpaired) electrons. The summed E-state index contributed by atoms with van der Waals surface area (Å²) >= 11 is 6.07. The minimum Gasteiger partial charge on any atom is -0.495 e. The van der Waals surface area contributed by atoms with E-state index in [4.69, 9.17) is 20.9 Å². The molecule has 0 atom stereocenters. The van der Waals surface area contributed by atoms with E-state index < -0.39 is 0 Å². The molecule has 1 aromatic carbocycles. The number of hydrogen-bond acceptors (Lipinski definition) is 3. The maximum Gasteiger partial charge on any atom is 0.170 e. The SMILES string of the molecule is COc1cc2onc(CC(C)C)c2cc1Cl. The van der Waals surface area contributed by atoms with E-state index in [1.165, 1.54) is 0 Å². The molecular formula is C12H14ClNO2. The molecular weight excluding hydrogens is 226 g/mol. The highest BCUT2D eigenvalue weighted by molar-refractivity contribution is 6.32. The monoisotopic (exact) mass is 239 g/mol. The number of halogens is 1. The van der Waals surface area contributed by atoms with Crippen molar-refractivity contribution < 1.29 is 9.26 Å². The van der Waals surface area contributed by atoms with Gasteiger partial charge in [-0.05, 0) is 18.4 Å². The van der Waals surface area contributed by atoms with Crippen LogP contribution in [-0.4, -0.2) is 12.3 Å². The highest BCUT2D eigenvalue weighted by atomic mass is 35.5. The first-order chi connectivity index (χ1) is 7.61. The molecule has 0 bridgehead atoms. The fourth-order valence-electron chi connectivity index (χ4n) is 1.68. The lowest BCUT2D eigenvalue weighted by atomic mass is 10.1. The Morgan fingerprint density at radius 1 is 1.44 bits per heavy atom. The third kappa shape index (κ3) is 2.00. The van der Waals surface area contributed by atoms with Crippen LogP contribution in [-0.2, 0) is 6.42 Å². The van der Waals surface area contributed by atoms with Crippen molar-refractivity contribution in [3.05, 3.63) is 22.8 Å². The Morgan fingerprint density at radius 2 is 2.19 bits per heavy atom. The van der Waals surface area contributed by atoms with E-state index in [1.54, 1.807) is 13.2 Å². The zero-order valence-electron chi connectivity index (χ0n) is 9.58. The zero-order valence-corrected chi connectivity index (χ0v) is 10.3. The number of ether oxygens (including phenoxy) is 1. The third-order valence-electron chi connectivity index (χ3n) is 2.42. The lowest BCUT2D eigenvalue weighted by Crippen LogP contribution is -1.94. The van der Waals surface area contributed by atoms with E-state index in [0.29, 0.717) is 16.7 Å². The van der Waals surface area contributed by atoms with Gasteiger partial charge in [0.05, 0.1) is 17.8 Å². The molecule has 3 nitrogen and oxygen atoms in total.